The molecule has 0 fully saturated rings. The number of sulfone groups is 1. The Labute approximate surface area is 108 Å². The van der Waals surface area contributed by atoms with Crippen LogP contribution in [-0.4, -0.2) is 38.7 Å². The first kappa shape index (κ1) is 14.6. The topological polar surface area (TPSA) is 63.6 Å². The van der Waals surface area contributed by atoms with Gasteiger partial charge in [0, 0.05) is 18.2 Å². The van der Waals surface area contributed by atoms with E-state index in [2.05, 4.69) is 11.8 Å². The summed E-state index contributed by atoms with van der Waals surface area (Å²) in [5.41, 5.74) is 0.778. The summed E-state index contributed by atoms with van der Waals surface area (Å²) in [5, 5.41) is 8.61. The summed E-state index contributed by atoms with van der Waals surface area (Å²) in [6.07, 6.45) is 1.60. The second-order valence-electron chi connectivity index (χ2n) is 3.78. The highest BCUT2D eigenvalue weighted by Crippen LogP contribution is 2.12. The van der Waals surface area contributed by atoms with Gasteiger partial charge in [-0.15, -0.1) is 0 Å². The van der Waals surface area contributed by atoms with E-state index in [0.29, 0.717) is 12.2 Å². The summed E-state index contributed by atoms with van der Waals surface area (Å²) >= 11 is 0. The van der Waals surface area contributed by atoms with Gasteiger partial charge >= 0.3 is 0 Å². The summed E-state index contributed by atoms with van der Waals surface area (Å²) in [4.78, 5) is 0. The van der Waals surface area contributed by atoms with Gasteiger partial charge in [-0.3, -0.25) is 0 Å². The van der Waals surface area contributed by atoms with Crippen LogP contribution in [0, 0.1) is 11.8 Å². The Bertz CT molecular complexity index is 538. The molecule has 1 rings (SSSR count). The van der Waals surface area contributed by atoms with E-state index in [-0.39, 0.29) is 19.0 Å². The van der Waals surface area contributed by atoms with E-state index in [1.54, 1.807) is 18.2 Å². The van der Waals surface area contributed by atoms with Crippen LogP contribution < -0.4 is 4.74 Å². The molecule has 1 aromatic carbocycles. The lowest BCUT2D eigenvalue weighted by atomic mass is 10.2. The van der Waals surface area contributed by atoms with Crippen LogP contribution in [0.15, 0.2) is 24.3 Å². The molecule has 4 nitrogen and oxygen atoms in total. The van der Waals surface area contributed by atoms with Crippen molar-refractivity contribution in [2.24, 2.45) is 0 Å². The molecule has 0 bridgehead atoms. The van der Waals surface area contributed by atoms with Crippen molar-refractivity contribution in [2.75, 3.05) is 25.2 Å². The number of rotatable bonds is 5. The van der Waals surface area contributed by atoms with Crippen LogP contribution in [0.1, 0.15) is 12.0 Å². The molecule has 0 unspecified atom stereocenters. The van der Waals surface area contributed by atoms with Crippen LogP contribution >= 0.6 is 0 Å². The predicted molar refractivity (Wildman–Crippen MR) is 70.2 cm³/mol. The zero-order valence-corrected chi connectivity index (χ0v) is 11.0. The second-order valence-corrected chi connectivity index (χ2v) is 6.04. The third-order valence-corrected chi connectivity index (χ3v) is 2.93. The zero-order chi connectivity index (χ0) is 13.4. The van der Waals surface area contributed by atoms with Gasteiger partial charge in [-0.05, 0) is 18.2 Å². The van der Waals surface area contributed by atoms with E-state index in [0.717, 1.165) is 5.56 Å². The molecule has 0 saturated carbocycles. The number of aliphatic hydroxyl groups is 1. The Morgan fingerprint density at radius 1 is 1.39 bits per heavy atom. The monoisotopic (exact) mass is 268 g/mol. The van der Waals surface area contributed by atoms with Crippen molar-refractivity contribution in [3.05, 3.63) is 29.8 Å². The number of hydrogen-bond acceptors (Lipinski definition) is 4. The van der Waals surface area contributed by atoms with Crippen molar-refractivity contribution < 1.29 is 18.3 Å². The minimum Gasteiger partial charge on any atom is -0.492 e. The fourth-order valence-corrected chi connectivity index (χ4v) is 1.58. The highest BCUT2D eigenvalue weighted by atomic mass is 32.2. The number of benzene rings is 1. The average Bonchev–Trinajstić information content (AvgIpc) is 2.28. The van der Waals surface area contributed by atoms with E-state index >= 15 is 0 Å². The van der Waals surface area contributed by atoms with Gasteiger partial charge in [0.25, 0.3) is 0 Å². The van der Waals surface area contributed by atoms with Crippen LogP contribution in [0.2, 0.25) is 0 Å². The summed E-state index contributed by atoms with van der Waals surface area (Å²) in [5.74, 6) is 6.28. The van der Waals surface area contributed by atoms with Gasteiger partial charge in [0.05, 0.1) is 12.4 Å². The molecule has 98 valence electrons. The third kappa shape index (κ3) is 6.28. The fourth-order valence-electron chi connectivity index (χ4n) is 1.19. The lowest BCUT2D eigenvalue weighted by molar-refractivity contribution is 0.305. The minimum absolute atomic E-state index is 0.00653. The number of hydrogen-bond donors (Lipinski definition) is 1. The number of ether oxygens (including phenoxy) is 1. The molecule has 1 aromatic rings. The molecular weight excluding hydrogens is 252 g/mol. The Hall–Kier alpha value is -1.51. The van der Waals surface area contributed by atoms with Crippen LogP contribution in [0.25, 0.3) is 0 Å². The normalized spacial score (nSPS) is 10.6. The van der Waals surface area contributed by atoms with Gasteiger partial charge in [0.1, 0.15) is 12.4 Å². The molecule has 0 aliphatic carbocycles. The van der Waals surface area contributed by atoms with Gasteiger partial charge in [-0.2, -0.15) is 0 Å². The highest BCUT2D eigenvalue weighted by molar-refractivity contribution is 7.90. The van der Waals surface area contributed by atoms with Crippen molar-refractivity contribution in [3.8, 4) is 17.6 Å². The SMILES string of the molecule is CS(=O)(=O)CCOc1cccc(C#CCCO)c1. The largest absolute Gasteiger partial charge is 0.492 e. The molecule has 0 spiro atoms. The summed E-state index contributed by atoms with van der Waals surface area (Å²) < 4.78 is 27.2. The van der Waals surface area contributed by atoms with Crippen molar-refractivity contribution in [1.29, 1.82) is 0 Å². The molecule has 0 radical (unpaired) electrons. The van der Waals surface area contributed by atoms with Crippen LogP contribution in [0.4, 0.5) is 0 Å². The lowest BCUT2D eigenvalue weighted by Gasteiger charge is -2.05. The van der Waals surface area contributed by atoms with Crippen molar-refractivity contribution in [1.82, 2.24) is 0 Å². The van der Waals surface area contributed by atoms with Crippen LogP contribution in [-0.2, 0) is 9.84 Å². The summed E-state index contributed by atoms with van der Waals surface area (Å²) in [6, 6.07) is 7.11. The minimum atomic E-state index is -3.00. The molecule has 0 atom stereocenters. The van der Waals surface area contributed by atoms with Crippen molar-refractivity contribution in [3.63, 3.8) is 0 Å². The quantitative estimate of drug-likeness (QED) is 0.804. The molecule has 0 aliphatic heterocycles. The molecule has 0 amide bonds. The first-order chi connectivity index (χ1) is 8.51. The molecule has 18 heavy (non-hydrogen) atoms. The Morgan fingerprint density at radius 3 is 2.83 bits per heavy atom. The molecule has 0 aromatic heterocycles. The third-order valence-electron chi connectivity index (χ3n) is 2.03. The lowest BCUT2D eigenvalue weighted by Crippen LogP contribution is -2.12. The van der Waals surface area contributed by atoms with Crippen molar-refractivity contribution in [2.45, 2.75) is 6.42 Å². The Balaban J connectivity index is 2.58. The van der Waals surface area contributed by atoms with Crippen LogP contribution in [0.5, 0.6) is 5.75 Å². The maximum Gasteiger partial charge on any atom is 0.150 e. The Morgan fingerprint density at radius 2 is 2.17 bits per heavy atom. The molecule has 5 heteroatoms. The van der Waals surface area contributed by atoms with Gasteiger partial charge in [-0.1, -0.05) is 17.9 Å². The van der Waals surface area contributed by atoms with E-state index in [1.807, 2.05) is 6.07 Å². The highest BCUT2D eigenvalue weighted by Gasteiger charge is 2.02. The van der Waals surface area contributed by atoms with Gasteiger partial charge < -0.3 is 9.84 Å². The van der Waals surface area contributed by atoms with Gasteiger partial charge in [0.2, 0.25) is 0 Å². The standard InChI is InChI=1S/C13H16O4S/c1-18(15,16)10-9-17-13-7-4-6-12(11-13)5-2-3-8-14/h4,6-7,11,14H,3,8-10H2,1H3. The molecule has 0 heterocycles. The van der Waals surface area contributed by atoms with E-state index < -0.39 is 9.84 Å². The predicted octanol–water partition coefficient (Wildman–Crippen LogP) is 0.844. The number of aliphatic hydroxyl groups excluding tert-OH is 1. The van der Waals surface area contributed by atoms with Crippen LogP contribution in [0.3, 0.4) is 0 Å². The molecule has 0 saturated heterocycles. The van der Waals surface area contributed by atoms with E-state index in [9.17, 15) is 8.42 Å². The Kier molecular flexibility index (Phi) is 5.69. The maximum absolute atomic E-state index is 10.9. The second kappa shape index (κ2) is 7.04. The van der Waals surface area contributed by atoms with Crippen molar-refractivity contribution >= 4 is 9.84 Å². The first-order valence-corrected chi connectivity index (χ1v) is 7.57. The van der Waals surface area contributed by atoms with E-state index in [1.165, 1.54) is 6.26 Å². The molecule has 1 N–H and O–H groups in total. The molecule has 0 aliphatic rings. The summed E-state index contributed by atoms with van der Waals surface area (Å²) in [7, 11) is -3.00. The van der Waals surface area contributed by atoms with Gasteiger partial charge in [-0.25, -0.2) is 8.42 Å². The summed E-state index contributed by atoms with van der Waals surface area (Å²) in [6.45, 7) is 0.171. The molecular formula is C13H16O4S. The smallest absolute Gasteiger partial charge is 0.150 e. The van der Waals surface area contributed by atoms with Gasteiger partial charge in [0.15, 0.2) is 9.84 Å². The maximum atomic E-state index is 10.9. The first-order valence-electron chi connectivity index (χ1n) is 5.51. The van der Waals surface area contributed by atoms with E-state index in [4.69, 9.17) is 9.84 Å². The zero-order valence-electron chi connectivity index (χ0n) is 10.2. The average molecular weight is 268 g/mol. The fraction of sp³-hybridized carbons (Fsp3) is 0.385.